The fourth-order valence-electron chi connectivity index (χ4n) is 3.57. The molecule has 0 aromatic heterocycles. The zero-order valence-corrected chi connectivity index (χ0v) is 13.4. The van der Waals surface area contributed by atoms with Crippen molar-refractivity contribution >= 4 is 17.5 Å². The van der Waals surface area contributed by atoms with Crippen LogP contribution >= 0.6 is 11.6 Å². The summed E-state index contributed by atoms with van der Waals surface area (Å²) in [4.78, 5) is 17.3. The Hall–Kier alpha value is -1.06. The van der Waals surface area contributed by atoms with Gasteiger partial charge in [-0.2, -0.15) is 0 Å². The lowest BCUT2D eigenvalue weighted by Gasteiger charge is -2.32. The second-order valence-corrected chi connectivity index (χ2v) is 6.63. The number of rotatable bonds is 2. The monoisotopic (exact) mass is 306 g/mol. The van der Waals surface area contributed by atoms with Gasteiger partial charge in [0.25, 0.3) is 5.91 Å². The predicted molar refractivity (Wildman–Crippen MR) is 85.9 cm³/mol. The van der Waals surface area contributed by atoms with E-state index in [0.717, 1.165) is 25.1 Å². The van der Waals surface area contributed by atoms with E-state index in [9.17, 15) is 4.79 Å². The summed E-state index contributed by atoms with van der Waals surface area (Å²) in [6.07, 6.45) is 5.04. The molecule has 1 atom stereocenters. The standard InChI is InChI=1S/C17H23ClN2O/c1-13-6-5-7-15(18)16(13)17(21)20-11-8-14(12-20)19-9-3-2-4-10-19/h5-7,14H,2-4,8-12H2,1H3/t14-/m0/s1. The molecule has 0 spiro atoms. The summed E-state index contributed by atoms with van der Waals surface area (Å²) in [5.41, 5.74) is 1.65. The summed E-state index contributed by atoms with van der Waals surface area (Å²) in [5.74, 6) is 0.0950. The first-order valence-electron chi connectivity index (χ1n) is 7.95. The van der Waals surface area contributed by atoms with E-state index < -0.39 is 0 Å². The summed E-state index contributed by atoms with van der Waals surface area (Å²) in [7, 11) is 0. The van der Waals surface area contributed by atoms with Crippen molar-refractivity contribution in [2.75, 3.05) is 26.2 Å². The Morgan fingerprint density at radius 1 is 1.19 bits per heavy atom. The molecule has 3 nitrogen and oxygen atoms in total. The topological polar surface area (TPSA) is 23.6 Å². The van der Waals surface area contributed by atoms with Gasteiger partial charge in [-0.3, -0.25) is 9.69 Å². The van der Waals surface area contributed by atoms with Gasteiger partial charge in [0.05, 0.1) is 10.6 Å². The first-order valence-corrected chi connectivity index (χ1v) is 8.33. The average Bonchev–Trinajstić information content (AvgIpc) is 2.97. The molecule has 0 saturated carbocycles. The summed E-state index contributed by atoms with van der Waals surface area (Å²) in [6.45, 7) is 6.04. The maximum absolute atomic E-state index is 12.7. The van der Waals surface area contributed by atoms with Crippen LogP contribution in [0.15, 0.2) is 18.2 Å². The van der Waals surface area contributed by atoms with Crippen LogP contribution in [-0.4, -0.2) is 47.9 Å². The van der Waals surface area contributed by atoms with E-state index in [-0.39, 0.29) is 5.91 Å². The molecule has 2 fully saturated rings. The first kappa shape index (κ1) is 14.9. The number of carbonyl (C=O) groups is 1. The van der Waals surface area contributed by atoms with Crippen LogP contribution in [0.5, 0.6) is 0 Å². The van der Waals surface area contributed by atoms with Crippen molar-refractivity contribution in [3.63, 3.8) is 0 Å². The van der Waals surface area contributed by atoms with Crippen molar-refractivity contribution < 1.29 is 4.79 Å². The molecule has 0 N–H and O–H groups in total. The highest BCUT2D eigenvalue weighted by molar-refractivity contribution is 6.34. The summed E-state index contributed by atoms with van der Waals surface area (Å²) in [5, 5.41) is 0.571. The molecule has 21 heavy (non-hydrogen) atoms. The summed E-state index contributed by atoms with van der Waals surface area (Å²) >= 11 is 6.23. The molecule has 2 saturated heterocycles. The number of hydrogen-bond donors (Lipinski definition) is 0. The van der Waals surface area contributed by atoms with Gasteiger partial charge in [0.15, 0.2) is 0 Å². The number of likely N-dealkylation sites (tertiary alicyclic amines) is 2. The van der Waals surface area contributed by atoms with Crippen molar-refractivity contribution in [2.24, 2.45) is 0 Å². The van der Waals surface area contributed by atoms with Crippen molar-refractivity contribution in [2.45, 2.75) is 38.6 Å². The van der Waals surface area contributed by atoms with Gasteiger partial charge < -0.3 is 4.90 Å². The van der Waals surface area contributed by atoms with Crippen LogP contribution in [-0.2, 0) is 0 Å². The summed E-state index contributed by atoms with van der Waals surface area (Å²) in [6, 6.07) is 6.20. The number of halogens is 1. The quantitative estimate of drug-likeness (QED) is 0.836. The van der Waals surface area contributed by atoms with Crippen molar-refractivity contribution in [3.8, 4) is 0 Å². The van der Waals surface area contributed by atoms with E-state index >= 15 is 0 Å². The molecule has 4 heteroatoms. The molecule has 2 aliphatic rings. The zero-order chi connectivity index (χ0) is 14.8. The predicted octanol–water partition coefficient (Wildman–Crippen LogP) is 3.35. The second kappa shape index (κ2) is 6.37. The van der Waals surface area contributed by atoms with Gasteiger partial charge in [-0.25, -0.2) is 0 Å². The molecule has 0 unspecified atom stereocenters. The van der Waals surface area contributed by atoms with Crippen molar-refractivity contribution in [1.82, 2.24) is 9.80 Å². The highest BCUT2D eigenvalue weighted by Gasteiger charge is 2.32. The SMILES string of the molecule is Cc1cccc(Cl)c1C(=O)N1CC[C@H](N2CCCCC2)C1. The van der Waals surface area contributed by atoms with Crippen LogP contribution < -0.4 is 0 Å². The molecule has 0 bridgehead atoms. The minimum atomic E-state index is 0.0950. The number of piperidine rings is 1. The zero-order valence-electron chi connectivity index (χ0n) is 12.6. The Bertz CT molecular complexity index is 505. The number of hydrogen-bond acceptors (Lipinski definition) is 2. The van der Waals surface area contributed by atoms with E-state index in [1.165, 1.54) is 32.4 Å². The Morgan fingerprint density at radius 2 is 1.95 bits per heavy atom. The fraction of sp³-hybridized carbons (Fsp3) is 0.588. The largest absolute Gasteiger partial charge is 0.337 e. The van der Waals surface area contributed by atoms with Gasteiger partial charge in [-0.1, -0.05) is 30.2 Å². The molecule has 0 aliphatic carbocycles. The number of amides is 1. The Labute approximate surface area is 131 Å². The number of carbonyl (C=O) groups excluding carboxylic acids is 1. The van der Waals surface area contributed by atoms with Crippen LogP contribution in [0, 0.1) is 6.92 Å². The lowest BCUT2D eigenvalue weighted by Crippen LogP contribution is -2.41. The number of benzene rings is 1. The molecule has 3 rings (SSSR count). The van der Waals surface area contributed by atoms with Gasteiger partial charge in [0, 0.05) is 19.1 Å². The molecule has 0 radical (unpaired) electrons. The lowest BCUT2D eigenvalue weighted by molar-refractivity contribution is 0.0771. The van der Waals surface area contributed by atoms with Crippen molar-refractivity contribution in [1.29, 1.82) is 0 Å². The van der Waals surface area contributed by atoms with Gasteiger partial charge in [-0.05, 0) is 50.9 Å². The average molecular weight is 307 g/mol. The fourth-order valence-corrected chi connectivity index (χ4v) is 3.87. The van der Waals surface area contributed by atoms with Crippen molar-refractivity contribution in [3.05, 3.63) is 34.3 Å². The normalized spacial score (nSPS) is 23.5. The maximum atomic E-state index is 12.7. The molecule has 114 valence electrons. The van der Waals surface area contributed by atoms with Crippen LogP contribution in [0.1, 0.15) is 41.6 Å². The Morgan fingerprint density at radius 3 is 2.67 bits per heavy atom. The third-order valence-electron chi connectivity index (χ3n) is 4.79. The summed E-state index contributed by atoms with van der Waals surface area (Å²) < 4.78 is 0. The molecule has 2 heterocycles. The van der Waals surface area contributed by atoms with E-state index in [4.69, 9.17) is 11.6 Å². The van der Waals surface area contributed by atoms with Gasteiger partial charge in [0.1, 0.15) is 0 Å². The molecule has 2 aliphatic heterocycles. The smallest absolute Gasteiger partial charge is 0.255 e. The van der Waals surface area contributed by atoms with Crippen LogP contribution in [0.4, 0.5) is 0 Å². The Balaban J connectivity index is 1.69. The van der Waals surface area contributed by atoms with Crippen LogP contribution in [0.2, 0.25) is 5.02 Å². The minimum Gasteiger partial charge on any atom is -0.337 e. The Kier molecular flexibility index (Phi) is 4.51. The molecular formula is C17H23ClN2O. The highest BCUT2D eigenvalue weighted by Crippen LogP contribution is 2.25. The van der Waals surface area contributed by atoms with Gasteiger partial charge >= 0.3 is 0 Å². The maximum Gasteiger partial charge on any atom is 0.255 e. The third kappa shape index (κ3) is 3.09. The van der Waals surface area contributed by atoms with E-state index in [1.807, 2.05) is 24.0 Å². The van der Waals surface area contributed by atoms with E-state index in [0.29, 0.717) is 16.6 Å². The number of aryl methyl sites for hydroxylation is 1. The van der Waals surface area contributed by atoms with Gasteiger partial charge in [-0.15, -0.1) is 0 Å². The first-order chi connectivity index (χ1) is 10.2. The number of nitrogens with zero attached hydrogens (tertiary/aromatic N) is 2. The molecule has 1 amide bonds. The molecular weight excluding hydrogens is 284 g/mol. The third-order valence-corrected chi connectivity index (χ3v) is 5.11. The van der Waals surface area contributed by atoms with Crippen LogP contribution in [0.3, 0.4) is 0 Å². The highest BCUT2D eigenvalue weighted by atomic mass is 35.5. The second-order valence-electron chi connectivity index (χ2n) is 6.22. The minimum absolute atomic E-state index is 0.0950. The van der Waals surface area contributed by atoms with E-state index in [2.05, 4.69) is 4.90 Å². The van der Waals surface area contributed by atoms with Gasteiger partial charge in [0.2, 0.25) is 0 Å². The van der Waals surface area contributed by atoms with E-state index in [1.54, 1.807) is 6.07 Å². The lowest BCUT2D eigenvalue weighted by atomic mass is 10.1. The van der Waals surface area contributed by atoms with Crippen LogP contribution in [0.25, 0.3) is 0 Å². The molecule has 1 aromatic rings. The molecule has 1 aromatic carbocycles.